The zero-order valence-electron chi connectivity index (χ0n) is 14.8. The van der Waals surface area contributed by atoms with Crippen LogP contribution in [-0.2, 0) is 22.7 Å². The predicted octanol–water partition coefficient (Wildman–Crippen LogP) is 1.95. The molecule has 0 aliphatic carbocycles. The van der Waals surface area contributed by atoms with Gasteiger partial charge in [-0.05, 0) is 32.3 Å². The van der Waals surface area contributed by atoms with Gasteiger partial charge in [-0.2, -0.15) is 0 Å². The van der Waals surface area contributed by atoms with Gasteiger partial charge in [-0.3, -0.25) is 14.3 Å². The van der Waals surface area contributed by atoms with E-state index in [-0.39, 0.29) is 11.8 Å². The van der Waals surface area contributed by atoms with Crippen molar-refractivity contribution in [2.24, 2.45) is 0 Å². The first-order valence-corrected chi connectivity index (χ1v) is 8.72. The molecule has 0 radical (unpaired) electrons. The molecule has 1 aromatic rings. The zero-order chi connectivity index (χ0) is 17.6. The molecule has 0 aliphatic heterocycles. The van der Waals surface area contributed by atoms with Crippen LogP contribution in [-0.4, -0.2) is 33.4 Å². The Morgan fingerprint density at radius 1 is 1.21 bits per heavy atom. The molecule has 1 heterocycles. The van der Waals surface area contributed by atoms with Crippen LogP contribution in [0.25, 0.3) is 0 Å². The van der Waals surface area contributed by atoms with Crippen LogP contribution in [0.1, 0.15) is 58.1 Å². The van der Waals surface area contributed by atoms with E-state index in [9.17, 15) is 9.59 Å². The van der Waals surface area contributed by atoms with E-state index in [4.69, 9.17) is 0 Å². The average molecular weight is 335 g/mol. The minimum absolute atomic E-state index is 0.137. The van der Waals surface area contributed by atoms with Gasteiger partial charge in [-0.25, -0.2) is 0 Å². The largest absolute Gasteiger partial charge is 0.356 e. The van der Waals surface area contributed by atoms with E-state index < -0.39 is 0 Å². The molecule has 0 aliphatic rings. The number of amides is 2. The van der Waals surface area contributed by atoms with Gasteiger partial charge in [0, 0.05) is 19.5 Å². The van der Waals surface area contributed by atoms with Crippen LogP contribution in [0.2, 0.25) is 0 Å². The number of aromatic nitrogens is 3. The Labute approximate surface area is 143 Å². The number of hydrogen-bond acceptors (Lipinski definition) is 4. The molecule has 2 amide bonds. The van der Waals surface area contributed by atoms with Crippen molar-refractivity contribution in [2.75, 3.05) is 6.54 Å². The maximum Gasteiger partial charge on any atom is 0.243 e. The molecule has 7 heteroatoms. The molecule has 0 spiro atoms. The molecule has 0 saturated heterocycles. The van der Waals surface area contributed by atoms with E-state index in [1.54, 1.807) is 17.7 Å². The lowest BCUT2D eigenvalue weighted by molar-refractivity contribution is -0.121. The molecule has 2 N–H and O–H groups in total. The van der Waals surface area contributed by atoms with Gasteiger partial charge >= 0.3 is 0 Å². The fraction of sp³-hybridized carbons (Fsp3) is 0.647. The van der Waals surface area contributed by atoms with Gasteiger partial charge in [-0.15, -0.1) is 5.10 Å². The second-order valence-corrected chi connectivity index (χ2v) is 5.70. The van der Waals surface area contributed by atoms with Crippen LogP contribution >= 0.6 is 0 Å². The van der Waals surface area contributed by atoms with E-state index in [1.807, 2.05) is 6.20 Å². The van der Waals surface area contributed by atoms with Crippen molar-refractivity contribution in [3.05, 3.63) is 24.0 Å². The first-order valence-electron chi connectivity index (χ1n) is 8.72. The minimum atomic E-state index is -0.137. The molecule has 0 aromatic carbocycles. The van der Waals surface area contributed by atoms with Crippen molar-refractivity contribution < 1.29 is 9.59 Å². The summed E-state index contributed by atoms with van der Waals surface area (Å²) in [6, 6.07) is 0. The second-order valence-electron chi connectivity index (χ2n) is 5.70. The second kappa shape index (κ2) is 12.3. The van der Waals surface area contributed by atoms with Crippen LogP contribution < -0.4 is 10.6 Å². The molecule has 0 atom stereocenters. The number of unbranched alkanes of at least 4 members (excludes halogenated alkanes) is 3. The Kier molecular flexibility index (Phi) is 10.2. The maximum absolute atomic E-state index is 11.5. The topological polar surface area (TPSA) is 88.9 Å². The average Bonchev–Trinajstić information content (AvgIpc) is 3.01. The third kappa shape index (κ3) is 9.07. The lowest BCUT2D eigenvalue weighted by Gasteiger charge is -2.05. The Morgan fingerprint density at radius 2 is 2.04 bits per heavy atom. The maximum atomic E-state index is 11.5. The van der Waals surface area contributed by atoms with Gasteiger partial charge < -0.3 is 10.6 Å². The standard InChI is InChI=1S/C17H29N5O2/c1-3-5-6-10-17(24)18-11-7-8-12-22-14-15(20-21-22)13-19-16(23)9-4-2/h4,9,14H,3,5-8,10-13H2,1-2H3,(H,18,24)(H,19,23)/b9-4+. The first-order chi connectivity index (χ1) is 11.7. The number of carbonyl (C=O) groups excluding carboxylic acids is 2. The molecule has 134 valence electrons. The van der Waals surface area contributed by atoms with Crippen molar-refractivity contribution in [1.29, 1.82) is 0 Å². The number of allylic oxidation sites excluding steroid dienone is 1. The van der Waals surface area contributed by atoms with Crippen LogP contribution in [0.5, 0.6) is 0 Å². The number of nitrogens with zero attached hydrogens (tertiary/aromatic N) is 3. The lowest BCUT2D eigenvalue weighted by Crippen LogP contribution is -2.24. The number of carbonyl (C=O) groups is 2. The highest BCUT2D eigenvalue weighted by Gasteiger charge is 2.03. The van der Waals surface area contributed by atoms with Crippen molar-refractivity contribution in [3.8, 4) is 0 Å². The highest BCUT2D eigenvalue weighted by molar-refractivity contribution is 5.87. The number of nitrogens with one attached hydrogen (secondary N) is 2. The molecule has 0 fully saturated rings. The summed E-state index contributed by atoms with van der Waals surface area (Å²) < 4.78 is 1.76. The van der Waals surface area contributed by atoms with Crippen LogP contribution in [0.3, 0.4) is 0 Å². The summed E-state index contributed by atoms with van der Waals surface area (Å²) in [5, 5.41) is 13.7. The first kappa shape index (κ1) is 19.9. The third-order valence-corrected chi connectivity index (χ3v) is 3.49. The van der Waals surface area contributed by atoms with E-state index >= 15 is 0 Å². The van der Waals surface area contributed by atoms with Crippen molar-refractivity contribution in [2.45, 2.75) is 65.5 Å². The molecule has 1 aromatic heterocycles. The van der Waals surface area contributed by atoms with E-state index in [0.29, 0.717) is 19.5 Å². The molecule has 0 bridgehead atoms. The van der Waals surface area contributed by atoms with Crippen LogP contribution in [0.4, 0.5) is 0 Å². The molecular formula is C17H29N5O2. The smallest absolute Gasteiger partial charge is 0.243 e. The summed E-state index contributed by atoms with van der Waals surface area (Å²) in [5.41, 5.74) is 0.733. The summed E-state index contributed by atoms with van der Waals surface area (Å²) >= 11 is 0. The summed E-state index contributed by atoms with van der Waals surface area (Å²) in [7, 11) is 0. The number of aryl methyl sites for hydroxylation is 1. The van der Waals surface area contributed by atoms with Crippen molar-refractivity contribution in [3.63, 3.8) is 0 Å². The Balaban J connectivity index is 2.11. The number of hydrogen-bond donors (Lipinski definition) is 2. The van der Waals surface area contributed by atoms with Gasteiger partial charge in [0.1, 0.15) is 5.69 Å². The monoisotopic (exact) mass is 335 g/mol. The van der Waals surface area contributed by atoms with Crippen molar-refractivity contribution >= 4 is 11.8 Å². The number of rotatable bonds is 12. The summed E-state index contributed by atoms with van der Waals surface area (Å²) in [5.74, 6) is 0.00471. The zero-order valence-corrected chi connectivity index (χ0v) is 14.8. The molecular weight excluding hydrogens is 306 g/mol. The van der Waals surface area contributed by atoms with E-state index in [0.717, 1.165) is 44.3 Å². The fourth-order valence-corrected chi connectivity index (χ4v) is 2.17. The van der Waals surface area contributed by atoms with E-state index in [2.05, 4.69) is 27.9 Å². The molecule has 0 unspecified atom stereocenters. The Bertz CT molecular complexity index is 525. The summed E-state index contributed by atoms with van der Waals surface area (Å²) in [4.78, 5) is 22.9. The highest BCUT2D eigenvalue weighted by Crippen LogP contribution is 1.99. The van der Waals surface area contributed by atoms with Crippen molar-refractivity contribution in [1.82, 2.24) is 25.6 Å². The summed E-state index contributed by atoms with van der Waals surface area (Å²) in [6.07, 6.45) is 10.7. The molecule has 0 saturated carbocycles. The molecule has 7 nitrogen and oxygen atoms in total. The van der Waals surface area contributed by atoms with Crippen LogP contribution in [0, 0.1) is 0 Å². The highest BCUT2D eigenvalue weighted by atomic mass is 16.2. The molecule has 24 heavy (non-hydrogen) atoms. The molecule has 1 rings (SSSR count). The van der Waals surface area contributed by atoms with Gasteiger partial charge in [0.2, 0.25) is 11.8 Å². The van der Waals surface area contributed by atoms with E-state index in [1.165, 1.54) is 6.08 Å². The minimum Gasteiger partial charge on any atom is -0.356 e. The Morgan fingerprint density at radius 3 is 2.79 bits per heavy atom. The Hall–Kier alpha value is -2.18. The van der Waals surface area contributed by atoms with Crippen LogP contribution in [0.15, 0.2) is 18.3 Å². The van der Waals surface area contributed by atoms with Gasteiger partial charge in [0.15, 0.2) is 0 Å². The van der Waals surface area contributed by atoms with Gasteiger partial charge in [-0.1, -0.05) is 31.1 Å². The quantitative estimate of drug-likeness (QED) is 0.451. The third-order valence-electron chi connectivity index (χ3n) is 3.49. The normalized spacial score (nSPS) is 10.9. The van der Waals surface area contributed by atoms with Gasteiger partial charge in [0.25, 0.3) is 0 Å². The fourth-order valence-electron chi connectivity index (χ4n) is 2.17. The van der Waals surface area contributed by atoms with Gasteiger partial charge in [0.05, 0.1) is 12.7 Å². The predicted molar refractivity (Wildman–Crippen MR) is 93.1 cm³/mol. The summed E-state index contributed by atoms with van der Waals surface area (Å²) in [6.45, 7) is 5.75. The SMILES string of the molecule is C/C=C/C(=O)NCc1cn(CCCCNC(=O)CCCCC)nn1. The lowest BCUT2D eigenvalue weighted by atomic mass is 10.2.